The SMILES string of the molecule is CNc1ccc(CN(CCCO)CC(F)(F)F)cc1[N+](=O)[O-]. The number of aliphatic hydroxyl groups excluding tert-OH is 1. The predicted molar refractivity (Wildman–Crippen MR) is 75.7 cm³/mol. The average molecular weight is 321 g/mol. The Morgan fingerprint density at radius 2 is 2.09 bits per heavy atom. The van der Waals surface area contributed by atoms with Crippen molar-refractivity contribution in [2.24, 2.45) is 0 Å². The van der Waals surface area contributed by atoms with Crippen molar-refractivity contribution in [2.45, 2.75) is 19.1 Å². The van der Waals surface area contributed by atoms with Crippen LogP contribution in [0.4, 0.5) is 24.5 Å². The molecule has 22 heavy (non-hydrogen) atoms. The molecule has 0 radical (unpaired) electrons. The Hall–Kier alpha value is -1.87. The maximum absolute atomic E-state index is 12.5. The molecule has 0 unspecified atom stereocenters. The Kier molecular flexibility index (Phi) is 6.57. The van der Waals surface area contributed by atoms with Gasteiger partial charge in [0.15, 0.2) is 0 Å². The molecule has 0 aromatic heterocycles. The van der Waals surface area contributed by atoms with E-state index < -0.39 is 17.6 Å². The van der Waals surface area contributed by atoms with Crippen LogP contribution >= 0.6 is 0 Å². The number of aliphatic hydroxyl groups is 1. The summed E-state index contributed by atoms with van der Waals surface area (Å²) >= 11 is 0. The second kappa shape index (κ2) is 7.95. The largest absolute Gasteiger partial charge is 0.401 e. The van der Waals surface area contributed by atoms with Gasteiger partial charge in [0.1, 0.15) is 5.69 Å². The number of nitro groups is 1. The van der Waals surface area contributed by atoms with Crippen LogP contribution in [0.5, 0.6) is 0 Å². The first-order chi connectivity index (χ1) is 10.3. The number of anilines is 1. The van der Waals surface area contributed by atoms with Gasteiger partial charge in [-0.1, -0.05) is 6.07 Å². The highest BCUT2D eigenvalue weighted by molar-refractivity contribution is 5.62. The van der Waals surface area contributed by atoms with Crippen LogP contribution in [-0.2, 0) is 6.54 Å². The Morgan fingerprint density at radius 3 is 2.59 bits per heavy atom. The molecule has 1 aromatic carbocycles. The second-order valence-corrected chi connectivity index (χ2v) is 4.76. The maximum Gasteiger partial charge on any atom is 0.401 e. The molecule has 6 nitrogen and oxygen atoms in total. The van der Waals surface area contributed by atoms with Crippen LogP contribution in [0, 0.1) is 10.1 Å². The van der Waals surface area contributed by atoms with Crippen LogP contribution in [0.2, 0.25) is 0 Å². The normalized spacial score (nSPS) is 11.7. The topological polar surface area (TPSA) is 78.6 Å². The number of hydrogen-bond donors (Lipinski definition) is 2. The van der Waals surface area contributed by atoms with E-state index in [2.05, 4.69) is 5.32 Å². The summed E-state index contributed by atoms with van der Waals surface area (Å²) in [6.45, 7) is -1.37. The summed E-state index contributed by atoms with van der Waals surface area (Å²) < 4.78 is 37.6. The van der Waals surface area contributed by atoms with Crippen molar-refractivity contribution in [3.8, 4) is 0 Å². The fourth-order valence-electron chi connectivity index (χ4n) is 2.06. The molecule has 0 bridgehead atoms. The second-order valence-electron chi connectivity index (χ2n) is 4.76. The summed E-state index contributed by atoms with van der Waals surface area (Å²) in [5, 5.41) is 22.4. The summed E-state index contributed by atoms with van der Waals surface area (Å²) in [5.74, 6) is 0. The van der Waals surface area contributed by atoms with E-state index in [1.165, 1.54) is 19.2 Å². The molecule has 124 valence electrons. The molecule has 0 saturated carbocycles. The molecule has 0 aliphatic heterocycles. The highest BCUT2D eigenvalue weighted by atomic mass is 19.4. The van der Waals surface area contributed by atoms with Gasteiger partial charge in [0.25, 0.3) is 5.69 Å². The molecular formula is C13H18F3N3O3. The first-order valence-corrected chi connectivity index (χ1v) is 6.62. The fraction of sp³-hybridized carbons (Fsp3) is 0.538. The molecule has 0 fully saturated rings. The van der Waals surface area contributed by atoms with Crippen molar-refractivity contribution in [1.82, 2.24) is 4.90 Å². The Labute approximate surface area is 125 Å². The van der Waals surface area contributed by atoms with Crippen molar-refractivity contribution in [2.75, 3.05) is 32.1 Å². The fourth-order valence-corrected chi connectivity index (χ4v) is 2.06. The zero-order chi connectivity index (χ0) is 16.8. The van der Waals surface area contributed by atoms with Crippen LogP contribution in [0.3, 0.4) is 0 Å². The van der Waals surface area contributed by atoms with Gasteiger partial charge in [-0.25, -0.2) is 0 Å². The van der Waals surface area contributed by atoms with Gasteiger partial charge >= 0.3 is 6.18 Å². The minimum Gasteiger partial charge on any atom is -0.396 e. The van der Waals surface area contributed by atoms with E-state index in [-0.39, 0.29) is 31.8 Å². The number of nitrogens with one attached hydrogen (secondary N) is 1. The van der Waals surface area contributed by atoms with E-state index >= 15 is 0 Å². The number of halogens is 3. The molecule has 9 heteroatoms. The Bertz CT molecular complexity index is 509. The number of hydrogen-bond acceptors (Lipinski definition) is 5. The summed E-state index contributed by atoms with van der Waals surface area (Å²) in [4.78, 5) is 11.5. The zero-order valence-corrected chi connectivity index (χ0v) is 12.1. The first kappa shape index (κ1) is 18.2. The van der Waals surface area contributed by atoms with Crippen LogP contribution < -0.4 is 5.32 Å². The lowest BCUT2D eigenvalue weighted by Crippen LogP contribution is -2.34. The Balaban J connectivity index is 2.92. The number of rotatable bonds is 8. The molecule has 1 aromatic rings. The summed E-state index contributed by atoms with van der Waals surface area (Å²) in [5.41, 5.74) is 0.522. The third kappa shape index (κ3) is 5.86. The lowest BCUT2D eigenvalue weighted by atomic mass is 10.1. The molecule has 1 rings (SSSR count). The van der Waals surface area contributed by atoms with E-state index in [1.54, 1.807) is 6.07 Å². The van der Waals surface area contributed by atoms with Crippen LogP contribution in [0.15, 0.2) is 18.2 Å². The molecule has 0 atom stereocenters. The van der Waals surface area contributed by atoms with E-state index in [4.69, 9.17) is 5.11 Å². The van der Waals surface area contributed by atoms with Gasteiger partial charge in [-0.15, -0.1) is 0 Å². The maximum atomic E-state index is 12.5. The lowest BCUT2D eigenvalue weighted by molar-refractivity contribution is -0.384. The van der Waals surface area contributed by atoms with Crippen molar-refractivity contribution in [1.29, 1.82) is 0 Å². The highest BCUT2D eigenvalue weighted by Gasteiger charge is 2.30. The third-order valence-corrected chi connectivity index (χ3v) is 2.97. The molecule has 0 heterocycles. The van der Waals surface area contributed by atoms with Crippen molar-refractivity contribution in [3.63, 3.8) is 0 Å². The van der Waals surface area contributed by atoms with Gasteiger partial charge in [-0.2, -0.15) is 13.2 Å². The van der Waals surface area contributed by atoms with Crippen molar-refractivity contribution < 1.29 is 23.2 Å². The molecular weight excluding hydrogens is 303 g/mol. The summed E-state index contributed by atoms with van der Waals surface area (Å²) in [6.07, 6.45) is -4.17. The number of nitrogens with zero attached hydrogens (tertiary/aromatic N) is 2. The van der Waals surface area contributed by atoms with Crippen LogP contribution in [0.1, 0.15) is 12.0 Å². The lowest BCUT2D eigenvalue weighted by Gasteiger charge is -2.23. The van der Waals surface area contributed by atoms with Gasteiger partial charge in [0, 0.05) is 32.8 Å². The first-order valence-electron chi connectivity index (χ1n) is 6.62. The van der Waals surface area contributed by atoms with Crippen molar-refractivity contribution in [3.05, 3.63) is 33.9 Å². The van der Waals surface area contributed by atoms with Gasteiger partial charge in [-0.3, -0.25) is 15.0 Å². The Morgan fingerprint density at radius 1 is 1.41 bits per heavy atom. The molecule has 2 N–H and O–H groups in total. The standard InChI is InChI=1S/C13H18F3N3O3/c1-17-11-4-3-10(7-12(11)19(21)22)8-18(5-2-6-20)9-13(14,15)16/h3-4,7,17,20H,2,5-6,8-9H2,1H3. The summed E-state index contributed by atoms with van der Waals surface area (Å²) in [6, 6.07) is 4.26. The van der Waals surface area contributed by atoms with Gasteiger partial charge in [0.2, 0.25) is 0 Å². The molecule has 0 aliphatic rings. The molecule has 0 spiro atoms. The van der Waals surface area contributed by atoms with Crippen LogP contribution in [-0.4, -0.2) is 47.9 Å². The predicted octanol–water partition coefficient (Wildman–Crippen LogP) is 2.38. The minimum absolute atomic E-state index is 0.0532. The monoisotopic (exact) mass is 321 g/mol. The van der Waals surface area contributed by atoms with E-state index in [0.29, 0.717) is 11.3 Å². The van der Waals surface area contributed by atoms with Crippen LogP contribution in [0.25, 0.3) is 0 Å². The van der Waals surface area contributed by atoms with Gasteiger partial charge in [-0.05, 0) is 18.1 Å². The third-order valence-electron chi connectivity index (χ3n) is 2.97. The molecule has 0 amide bonds. The number of nitro benzene ring substituents is 1. The number of alkyl halides is 3. The van der Waals surface area contributed by atoms with E-state index in [0.717, 1.165) is 4.90 Å². The summed E-state index contributed by atoms with van der Waals surface area (Å²) in [7, 11) is 1.53. The quantitative estimate of drug-likeness (QED) is 0.568. The molecule has 0 aliphatic carbocycles. The van der Waals surface area contributed by atoms with Gasteiger partial charge < -0.3 is 10.4 Å². The van der Waals surface area contributed by atoms with E-state index in [9.17, 15) is 23.3 Å². The highest BCUT2D eigenvalue weighted by Crippen LogP contribution is 2.26. The molecule has 0 saturated heterocycles. The average Bonchev–Trinajstić information content (AvgIpc) is 2.43. The van der Waals surface area contributed by atoms with Crippen molar-refractivity contribution >= 4 is 11.4 Å². The van der Waals surface area contributed by atoms with Gasteiger partial charge in [0.05, 0.1) is 11.5 Å². The number of benzene rings is 1. The smallest absolute Gasteiger partial charge is 0.396 e. The van der Waals surface area contributed by atoms with E-state index in [1.807, 2.05) is 0 Å². The minimum atomic E-state index is -4.37. The zero-order valence-electron chi connectivity index (χ0n) is 12.1.